The molecular formula is C13H13BF3N3. The molecule has 7 heteroatoms. The summed E-state index contributed by atoms with van der Waals surface area (Å²) in [6, 6.07) is 5.16. The minimum Gasteiger partial charge on any atom is -0.351 e. The van der Waals surface area contributed by atoms with Crippen LogP contribution in [0.1, 0.15) is 16.7 Å². The van der Waals surface area contributed by atoms with E-state index in [2.05, 4.69) is 4.90 Å². The van der Waals surface area contributed by atoms with E-state index in [0.717, 1.165) is 25.2 Å². The van der Waals surface area contributed by atoms with Gasteiger partial charge in [-0.3, -0.25) is 4.90 Å². The molecule has 1 saturated heterocycles. The average molecular weight is 279 g/mol. The van der Waals surface area contributed by atoms with Gasteiger partial charge in [-0.2, -0.15) is 18.4 Å². The standard InChI is InChI=1S/C13H13BF3N3/c14-20-5-3-19(4-6-20)9-10-1-2-12(13(15,16)17)7-11(10)8-18/h1-2,7H,3-6,9H2. The Morgan fingerprint density at radius 2 is 1.85 bits per heavy atom. The molecule has 0 N–H and O–H groups in total. The van der Waals surface area contributed by atoms with Crippen LogP contribution in [0.2, 0.25) is 0 Å². The number of piperazine rings is 1. The van der Waals surface area contributed by atoms with Gasteiger partial charge in [-0.25, -0.2) is 0 Å². The third kappa shape index (κ3) is 3.53. The molecule has 1 heterocycles. The van der Waals surface area contributed by atoms with Crippen molar-refractivity contribution in [2.45, 2.75) is 12.7 Å². The van der Waals surface area contributed by atoms with Crippen LogP contribution in [-0.4, -0.2) is 43.9 Å². The van der Waals surface area contributed by atoms with Crippen molar-refractivity contribution in [3.05, 3.63) is 34.9 Å². The van der Waals surface area contributed by atoms with Gasteiger partial charge >= 0.3 is 6.18 Å². The van der Waals surface area contributed by atoms with E-state index in [1.54, 1.807) is 4.81 Å². The number of nitriles is 1. The molecule has 104 valence electrons. The highest BCUT2D eigenvalue weighted by Gasteiger charge is 2.31. The van der Waals surface area contributed by atoms with Crippen LogP contribution in [0.3, 0.4) is 0 Å². The third-order valence-electron chi connectivity index (χ3n) is 3.36. The van der Waals surface area contributed by atoms with Crippen LogP contribution < -0.4 is 0 Å². The number of halogens is 3. The number of benzene rings is 1. The molecule has 0 amide bonds. The summed E-state index contributed by atoms with van der Waals surface area (Å²) in [5.41, 5.74) is -0.0921. The van der Waals surface area contributed by atoms with E-state index in [1.165, 1.54) is 6.07 Å². The van der Waals surface area contributed by atoms with Crippen molar-refractivity contribution < 1.29 is 13.2 Å². The molecule has 0 spiro atoms. The van der Waals surface area contributed by atoms with E-state index < -0.39 is 11.7 Å². The van der Waals surface area contributed by atoms with Gasteiger partial charge in [-0.1, -0.05) is 6.07 Å². The first-order chi connectivity index (χ1) is 9.40. The van der Waals surface area contributed by atoms with E-state index in [9.17, 15) is 13.2 Å². The van der Waals surface area contributed by atoms with Crippen LogP contribution >= 0.6 is 0 Å². The molecule has 1 aliphatic rings. The highest BCUT2D eigenvalue weighted by atomic mass is 19.4. The molecule has 1 fully saturated rings. The molecular weight excluding hydrogens is 266 g/mol. The Labute approximate surface area is 117 Å². The monoisotopic (exact) mass is 279 g/mol. The van der Waals surface area contributed by atoms with Crippen molar-refractivity contribution in [2.24, 2.45) is 0 Å². The van der Waals surface area contributed by atoms with Crippen molar-refractivity contribution in [2.75, 3.05) is 26.2 Å². The van der Waals surface area contributed by atoms with Crippen LogP contribution in [0, 0.1) is 11.3 Å². The van der Waals surface area contributed by atoms with Crippen molar-refractivity contribution in [1.29, 1.82) is 5.26 Å². The first-order valence-corrected chi connectivity index (χ1v) is 6.22. The molecule has 1 aliphatic heterocycles. The van der Waals surface area contributed by atoms with Gasteiger partial charge in [0.05, 0.1) is 17.2 Å². The number of hydrogen-bond donors (Lipinski definition) is 0. The highest BCUT2D eigenvalue weighted by molar-refractivity contribution is 6.04. The van der Waals surface area contributed by atoms with Crippen LogP contribution in [-0.2, 0) is 12.7 Å². The van der Waals surface area contributed by atoms with Crippen molar-refractivity contribution >= 4 is 7.98 Å². The molecule has 2 radical (unpaired) electrons. The van der Waals surface area contributed by atoms with Crippen LogP contribution in [0.4, 0.5) is 13.2 Å². The third-order valence-corrected chi connectivity index (χ3v) is 3.36. The summed E-state index contributed by atoms with van der Waals surface area (Å²) in [7, 11) is 5.64. The van der Waals surface area contributed by atoms with E-state index in [1.807, 2.05) is 6.07 Å². The van der Waals surface area contributed by atoms with Gasteiger partial charge in [0.25, 0.3) is 0 Å². The van der Waals surface area contributed by atoms with Crippen molar-refractivity contribution in [3.63, 3.8) is 0 Å². The second kappa shape index (κ2) is 5.86. The van der Waals surface area contributed by atoms with Crippen molar-refractivity contribution in [3.8, 4) is 6.07 Å². The zero-order chi connectivity index (χ0) is 14.8. The molecule has 0 bridgehead atoms. The average Bonchev–Trinajstić information content (AvgIpc) is 2.40. The first-order valence-electron chi connectivity index (χ1n) is 6.22. The predicted octanol–water partition coefficient (Wildman–Crippen LogP) is 1.78. The Morgan fingerprint density at radius 1 is 1.20 bits per heavy atom. The van der Waals surface area contributed by atoms with Gasteiger partial charge in [-0.05, 0) is 30.8 Å². The SMILES string of the molecule is [B]N1CCN(Cc2ccc(C(F)(F)F)cc2C#N)CC1. The van der Waals surface area contributed by atoms with E-state index >= 15 is 0 Å². The smallest absolute Gasteiger partial charge is 0.351 e. The summed E-state index contributed by atoms with van der Waals surface area (Å²) < 4.78 is 37.8. The summed E-state index contributed by atoms with van der Waals surface area (Å²) in [5, 5.41) is 9.02. The summed E-state index contributed by atoms with van der Waals surface area (Å²) in [6.45, 7) is 3.37. The lowest BCUT2D eigenvalue weighted by atomic mass is 10.0. The quantitative estimate of drug-likeness (QED) is 0.773. The lowest BCUT2D eigenvalue weighted by molar-refractivity contribution is -0.137. The maximum absolute atomic E-state index is 12.6. The van der Waals surface area contributed by atoms with Gasteiger partial charge in [-0.15, -0.1) is 0 Å². The molecule has 0 unspecified atom stereocenters. The fourth-order valence-electron chi connectivity index (χ4n) is 2.16. The first kappa shape index (κ1) is 14.9. The van der Waals surface area contributed by atoms with E-state index in [-0.39, 0.29) is 5.56 Å². The Kier molecular flexibility index (Phi) is 4.36. The van der Waals surface area contributed by atoms with Gasteiger partial charge < -0.3 is 4.81 Å². The van der Waals surface area contributed by atoms with Crippen molar-refractivity contribution in [1.82, 2.24) is 9.71 Å². The second-order valence-corrected chi connectivity index (χ2v) is 4.79. The fraction of sp³-hybridized carbons (Fsp3) is 0.462. The normalized spacial score (nSPS) is 17.9. The molecule has 0 saturated carbocycles. The topological polar surface area (TPSA) is 30.3 Å². The van der Waals surface area contributed by atoms with Crippen LogP contribution in [0.15, 0.2) is 18.2 Å². The molecule has 2 rings (SSSR count). The zero-order valence-electron chi connectivity index (χ0n) is 10.8. The van der Waals surface area contributed by atoms with Gasteiger partial charge in [0, 0.05) is 19.6 Å². The summed E-state index contributed by atoms with van der Waals surface area (Å²) in [6.07, 6.45) is -4.42. The second-order valence-electron chi connectivity index (χ2n) is 4.79. The van der Waals surface area contributed by atoms with E-state index in [4.69, 9.17) is 13.2 Å². The number of nitrogens with zero attached hydrogens (tertiary/aromatic N) is 3. The zero-order valence-corrected chi connectivity index (χ0v) is 10.8. The Morgan fingerprint density at radius 3 is 2.40 bits per heavy atom. The molecule has 0 aliphatic carbocycles. The van der Waals surface area contributed by atoms with Crippen LogP contribution in [0.5, 0.6) is 0 Å². The molecule has 20 heavy (non-hydrogen) atoms. The molecule has 1 aromatic rings. The number of alkyl halides is 3. The summed E-state index contributed by atoms with van der Waals surface area (Å²) in [4.78, 5) is 3.78. The van der Waals surface area contributed by atoms with Gasteiger partial charge in [0.2, 0.25) is 0 Å². The lowest BCUT2D eigenvalue weighted by Gasteiger charge is -2.33. The molecule has 0 aromatic heterocycles. The Balaban J connectivity index is 2.14. The predicted molar refractivity (Wildman–Crippen MR) is 68.8 cm³/mol. The molecule has 0 atom stereocenters. The largest absolute Gasteiger partial charge is 0.416 e. The van der Waals surface area contributed by atoms with Gasteiger partial charge in [0.15, 0.2) is 7.98 Å². The number of rotatable bonds is 2. The lowest BCUT2D eigenvalue weighted by Crippen LogP contribution is -2.44. The molecule has 3 nitrogen and oxygen atoms in total. The maximum atomic E-state index is 12.6. The summed E-state index contributed by atoms with van der Waals surface area (Å²) in [5.74, 6) is 0. The molecule has 1 aromatic carbocycles. The fourth-order valence-corrected chi connectivity index (χ4v) is 2.16. The minimum absolute atomic E-state index is 0.0787. The van der Waals surface area contributed by atoms with E-state index in [0.29, 0.717) is 25.2 Å². The summed E-state index contributed by atoms with van der Waals surface area (Å²) >= 11 is 0. The van der Waals surface area contributed by atoms with Gasteiger partial charge in [0.1, 0.15) is 0 Å². The minimum atomic E-state index is -4.42. The number of hydrogen-bond acceptors (Lipinski definition) is 3. The van der Waals surface area contributed by atoms with Crippen LogP contribution in [0.25, 0.3) is 0 Å². The maximum Gasteiger partial charge on any atom is 0.416 e. The Hall–Kier alpha value is -1.52. The Bertz CT molecular complexity index is 517. The highest BCUT2D eigenvalue weighted by Crippen LogP contribution is 2.30.